The number of carbonyl (C=O) groups is 2. The van der Waals surface area contributed by atoms with Crippen molar-refractivity contribution in [2.75, 3.05) is 0 Å². The van der Waals surface area contributed by atoms with Gasteiger partial charge in [-0.3, -0.25) is 9.59 Å². The van der Waals surface area contributed by atoms with Crippen LogP contribution in [-0.2, 0) is 27.3 Å². The van der Waals surface area contributed by atoms with Crippen molar-refractivity contribution >= 4 is 34.8 Å². The second-order valence-electron chi connectivity index (χ2n) is 5.37. The van der Waals surface area contributed by atoms with Crippen molar-refractivity contribution in [1.82, 2.24) is 5.32 Å². The number of halogens is 1. The maximum atomic E-state index is 12.0. The van der Waals surface area contributed by atoms with Crippen LogP contribution in [0.1, 0.15) is 30.2 Å². The maximum absolute atomic E-state index is 12.0. The number of benzene rings is 1. The molecule has 6 heteroatoms. The van der Waals surface area contributed by atoms with E-state index in [1.54, 1.807) is 24.3 Å². The third-order valence-electron chi connectivity index (χ3n) is 3.47. The summed E-state index contributed by atoms with van der Waals surface area (Å²) in [7, 11) is 0. The number of amides is 1. The number of esters is 1. The number of nitrogens with one attached hydrogen (secondary N) is 1. The molecular formula is C18H20ClNO3S. The first-order valence-corrected chi connectivity index (χ1v) is 9.05. The van der Waals surface area contributed by atoms with Gasteiger partial charge < -0.3 is 10.1 Å². The summed E-state index contributed by atoms with van der Waals surface area (Å²) < 4.78 is 5.17. The molecule has 0 radical (unpaired) electrons. The molecule has 1 atom stereocenters. The largest absolute Gasteiger partial charge is 0.453 e. The topological polar surface area (TPSA) is 55.4 Å². The summed E-state index contributed by atoms with van der Waals surface area (Å²) >= 11 is 7.71. The number of ether oxygens (including phenoxy) is 1. The lowest BCUT2D eigenvalue weighted by Crippen LogP contribution is -2.35. The summed E-state index contributed by atoms with van der Waals surface area (Å²) in [5, 5.41) is 5.33. The van der Waals surface area contributed by atoms with Gasteiger partial charge in [0.1, 0.15) is 0 Å². The highest BCUT2D eigenvalue weighted by Crippen LogP contribution is 2.15. The molecule has 0 saturated heterocycles. The molecule has 0 saturated carbocycles. The van der Waals surface area contributed by atoms with Gasteiger partial charge in [-0.15, -0.1) is 11.3 Å². The SMILES string of the molecule is C[C@@H](OC(=O)CCCc1cccs1)C(=O)NCc1ccccc1Cl. The Kier molecular flexibility index (Phi) is 7.28. The molecule has 2 rings (SSSR count). The van der Waals surface area contributed by atoms with Gasteiger partial charge in [-0.1, -0.05) is 35.9 Å². The van der Waals surface area contributed by atoms with Gasteiger partial charge in [-0.25, -0.2) is 0 Å². The van der Waals surface area contributed by atoms with E-state index >= 15 is 0 Å². The molecular weight excluding hydrogens is 346 g/mol. The zero-order valence-corrected chi connectivity index (χ0v) is 15.0. The standard InChI is InChI=1S/C18H20ClNO3S/c1-13(18(22)20-12-14-6-2-3-9-16(14)19)23-17(21)10-4-7-15-8-5-11-24-15/h2-3,5-6,8-9,11,13H,4,7,10,12H2,1H3,(H,20,22)/t13-/m1/s1. The lowest BCUT2D eigenvalue weighted by molar-refractivity contribution is -0.154. The number of rotatable bonds is 8. The molecule has 0 aliphatic carbocycles. The quantitative estimate of drug-likeness (QED) is 0.720. The molecule has 128 valence electrons. The van der Waals surface area contributed by atoms with Crippen molar-refractivity contribution in [2.24, 2.45) is 0 Å². The fourth-order valence-electron chi connectivity index (χ4n) is 2.14. The monoisotopic (exact) mass is 365 g/mol. The Hall–Kier alpha value is -1.85. The van der Waals surface area contributed by atoms with E-state index in [2.05, 4.69) is 5.32 Å². The Morgan fingerprint density at radius 1 is 1.25 bits per heavy atom. The molecule has 4 nitrogen and oxygen atoms in total. The third kappa shape index (κ3) is 5.98. The van der Waals surface area contributed by atoms with Crippen LogP contribution in [0.25, 0.3) is 0 Å². The van der Waals surface area contributed by atoms with E-state index in [-0.39, 0.29) is 11.9 Å². The van der Waals surface area contributed by atoms with E-state index in [9.17, 15) is 9.59 Å². The van der Waals surface area contributed by atoms with Crippen LogP contribution in [0.4, 0.5) is 0 Å². The van der Waals surface area contributed by atoms with Gasteiger partial charge in [0.25, 0.3) is 5.91 Å². The molecule has 0 spiro atoms. The lowest BCUT2D eigenvalue weighted by atomic mass is 10.2. The highest BCUT2D eigenvalue weighted by molar-refractivity contribution is 7.09. The fraction of sp³-hybridized carbons (Fsp3) is 0.333. The Morgan fingerprint density at radius 3 is 2.75 bits per heavy atom. The van der Waals surface area contributed by atoms with Crippen LogP contribution in [0.15, 0.2) is 41.8 Å². The predicted octanol–water partition coefficient (Wildman–Crippen LogP) is 3.97. The minimum absolute atomic E-state index is 0.304. The molecule has 1 amide bonds. The summed E-state index contributed by atoms with van der Waals surface area (Å²) in [5.74, 6) is -0.687. The van der Waals surface area contributed by atoms with E-state index in [1.807, 2.05) is 35.7 Å². The zero-order chi connectivity index (χ0) is 17.4. The predicted molar refractivity (Wildman–Crippen MR) is 96.1 cm³/mol. The molecule has 0 fully saturated rings. The first-order chi connectivity index (χ1) is 11.6. The molecule has 2 aromatic rings. The highest BCUT2D eigenvalue weighted by atomic mass is 35.5. The molecule has 0 aliphatic heterocycles. The maximum Gasteiger partial charge on any atom is 0.306 e. The minimum atomic E-state index is -0.818. The van der Waals surface area contributed by atoms with Gasteiger partial charge in [0, 0.05) is 22.9 Å². The normalized spacial score (nSPS) is 11.8. The average molecular weight is 366 g/mol. The van der Waals surface area contributed by atoms with Crippen LogP contribution in [0.5, 0.6) is 0 Å². The molecule has 1 heterocycles. The van der Waals surface area contributed by atoms with Gasteiger partial charge >= 0.3 is 5.97 Å². The van der Waals surface area contributed by atoms with Crippen molar-refractivity contribution in [3.8, 4) is 0 Å². The molecule has 1 aromatic heterocycles. The first-order valence-electron chi connectivity index (χ1n) is 7.79. The van der Waals surface area contributed by atoms with Crippen molar-refractivity contribution in [3.63, 3.8) is 0 Å². The third-order valence-corrected chi connectivity index (χ3v) is 4.78. The first kappa shape index (κ1) is 18.5. The molecule has 0 bridgehead atoms. The Balaban J connectivity index is 1.68. The summed E-state index contributed by atoms with van der Waals surface area (Å²) in [4.78, 5) is 25.0. The molecule has 0 aliphatic rings. The van der Waals surface area contributed by atoms with E-state index < -0.39 is 6.10 Å². The van der Waals surface area contributed by atoms with Crippen LogP contribution in [-0.4, -0.2) is 18.0 Å². The zero-order valence-electron chi connectivity index (χ0n) is 13.5. The van der Waals surface area contributed by atoms with Gasteiger partial charge in [-0.2, -0.15) is 0 Å². The smallest absolute Gasteiger partial charge is 0.306 e. The van der Waals surface area contributed by atoms with Crippen LogP contribution < -0.4 is 5.32 Å². The van der Waals surface area contributed by atoms with Crippen LogP contribution >= 0.6 is 22.9 Å². The van der Waals surface area contributed by atoms with Gasteiger partial charge in [0.15, 0.2) is 6.10 Å². The summed E-state index contributed by atoms with van der Waals surface area (Å²) in [6, 6.07) is 11.3. The van der Waals surface area contributed by atoms with Crippen molar-refractivity contribution in [3.05, 3.63) is 57.2 Å². The number of carbonyl (C=O) groups excluding carboxylic acids is 2. The van der Waals surface area contributed by atoms with Crippen LogP contribution in [0.2, 0.25) is 5.02 Å². The molecule has 24 heavy (non-hydrogen) atoms. The van der Waals surface area contributed by atoms with Crippen molar-refractivity contribution in [1.29, 1.82) is 0 Å². The Bertz CT molecular complexity index is 673. The van der Waals surface area contributed by atoms with E-state index in [0.29, 0.717) is 24.4 Å². The second-order valence-corrected chi connectivity index (χ2v) is 6.81. The summed E-state index contributed by atoms with van der Waals surface area (Å²) in [5.41, 5.74) is 0.821. The average Bonchev–Trinajstić information content (AvgIpc) is 3.07. The highest BCUT2D eigenvalue weighted by Gasteiger charge is 2.17. The lowest BCUT2D eigenvalue weighted by Gasteiger charge is -2.14. The van der Waals surface area contributed by atoms with Crippen LogP contribution in [0, 0.1) is 0 Å². The molecule has 0 unspecified atom stereocenters. The van der Waals surface area contributed by atoms with E-state index in [0.717, 1.165) is 12.0 Å². The minimum Gasteiger partial charge on any atom is -0.453 e. The molecule has 1 N–H and O–H groups in total. The van der Waals surface area contributed by atoms with Gasteiger partial charge in [-0.05, 0) is 42.8 Å². The fourth-order valence-corrected chi connectivity index (χ4v) is 3.09. The van der Waals surface area contributed by atoms with Gasteiger partial charge in [0.2, 0.25) is 0 Å². The van der Waals surface area contributed by atoms with E-state index in [1.165, 1.54) is 4.88 Å². The van der Waals surface area contributed by atoms with Crippen molar-refractivity contribution < 1.29 is 14.3 Å². The number of aryl methyl sites for hydroxylation is 1. The second kappa shape index (κ2) is 9.45. The number of hydrogen-bond acceptors (Lipinski definition) is 4. The number of hydrogen-bond donors (Lipinski definition) is 1. The van der Waals surface area contributed by atoms with Gasteiger partial charge in [0.05, 0.1) is 0 Å². The van der Waals surface area contributed by atoms with Crippen molar-refractivity contribution in [2.45, 2.75) is 38.8 Å². The Morgan fingerprint density at radius 2 is 2.04 bits per heavy atom. The van der Waals surface area contributed by atoms with Crippen LogP contribution in [0.3, 0.4) is 0 Å². The summed E-state index contributed by atoms with van der Waals surface area (Å²) in [6.45, 7) is 1.87. The molecule has 1 aromatic carbocycles. The summed E-state index contributed by atoms with van der Waals surface area (Å²) in [6.07, 6.45) is 1.05. The van der Waals surface area contributed by atoms with E-state index in [4.69, 9.17) is 16.3 Å². The number of thiophene rings is 1. The Labute approximate surface area is 150 Å².